The van der Waals surface area contributed by atoms with E-state index in [0.717, 1.165) is 18.4 Å². The Morgan fingerprint density at radius 2 is 1.59 bits per heavy atom. The van der Waals surface area contributed by atoms with Crippen LogP contribution in [0.1, 0.15) is 72.4 Å². The van der Waals surface area contributed by atoms with Crippen LogP contribution in [-0.4, -0.2) is 70.6 Å². The Morgan fingerprint density at radius 3 is 2.19 bits per heavy atom. The summed E-state index contributed by atoms with van der Waals surface area (Å²) in [4.78, 5) is 18.7. The van der Waals surface area contributed by atoms with Crippen LogP contribution in [0.2, 0.25) is 5.02 Å². The number of aromatic nitrogens is 5. The van der Waals surface area contributed by atoms with Gasteiger partial charge in [0.15, 0.2) is 27.1 Å². The molecule has 24 heteroatoms. The lowest BCUT2D eigenvalue weighted by molar-refractivity contribution is -0.142. The summed E-state index contributed by atoms with van der Waals surface area (Å²) in [6.45, 7) is -0.395. The van der Waals surface area contributed by atoms with E-state index in [1.165, 1.54) is 38.1 Å². The number of halogens is 11. The Bertz CT molecular complexity index is 3030. The van der Waals surface area contributed by atoms with Crippen molar-refractivity contribution in [1.29, 1.82) is 0 Å². The summed E-state index contributed by atoms with van der Waals surface area (Å²) in [5, 5.41) is 6.66. The number of carbonyl (C=O) groups excluding carboxylic acids is 1. The monoisotopic (exact) mass is 966 g/mol. The molecule has 2 aromatic carbocycles. The van der Waals surface area contributed by atoms with Gasteiger partial charge in [0.1, 0.15) is 40.9 Å². The number of nitrogens with zero attached hydrogens (tertiary/aromatic N) is 5. The van der Waals surface area contributed by atoms with Crippen LogP contribution < -0.4 is 4.72 Å². The quantitative estimate of drug-likeness (QED) is 0.0968. The van der Waals surface area contributed by atoms with Gasteiger partial charge in [-0.25, -0.2) is 30.6 Å². The normalized spacial score (nSPS) is 17.7. The van der Waals surface area contributed by atoms with Crippen LogP contribution >= 0.6 is 11.6 Å². The Balaban J connectivity index is 1.45. The third-order valence-electron chi connectivity index (χ3n) is 10.9. The minimum absolute atomic E-state index is 0.133. The first-order chi connectivity index (χ1) is 29.3. The van der Waals surface area contributed by atoms with Gasteiger partial charge in [0.2, 0.25) is 10.0 Å². The van der Waals surface area contributed by atoms with E-state index in [0.29, 0.717) is 17.0 Å². The maximum Gasteiger partial charge on any atom is 0.435 e. The number of hydrogen-bond acceptors (Lipinski definition) is 8. The summed E-state index contributed by atoms with van der Waals surface area (Å²) in [5.74, 6) is -6.44. The number of hydrogen-bond donors (Lipinski definition) is 1. The first kappa shape index (κ1) is 46.8. The second-order valence-electron chi connectivity index (χ2n) is 16.2. The molecule has 0 aliphatic heterocycles. The number of anilines is 1. The number of rotatable bonds is 12. The molecule has 1 fully saturated rings. The smallest absolute Gasteiger partial charge is 0.298 e. The lowest BCUT2D eigenvalue weighted by atomic mass is 9.86. The highest BCUT2D eigenvalue weighted by atomic mass is 35.5. The van der Waals surface area contributed by atoms with Crippen molar-refractivity contribution in [3.63, 3.8) is 0 Å². The molecule has 0 spiro atoms. The summed E-state index contributed by atoms with van der Waals surface area (Å²) in [5.41, 5.74) is -4.73. The first-order valence-corrected chi connectivity index (χ1v) is 23.0. The van der Waals surface area contributed by atoms with Gasteiger partial charge in [-0.2, -0.15) is 45.3 Å². The van der Waals surface area contributed by atoms with Crippen LogP contribution in [0.25, 0.3) is 22.0 Å². The van der Waals surface area contributed by atoms with Crippen molar-refractivity contribution >= 4 is 54.0 Å². The van der Waals surface area contributed by atoms with Crippen LogP contribution in [0.3, 0.4) is 0 Å². The SMILES string of the molecule is CC(C)(C#Cc1ccc(-c2ccc(Cl)c3c(NS(C)(=O)=O)nn(CC(F)(F)F)c23)c([C@@H](CC(=O)Cn2nc(C(F)(F)F)c3c2C(F)(F)[C@@H]2C[C@H]32)Cc2cc(F)cc(F)c2)n1)S(C)(=O)=O. The zero-order valence-electron chi connectivity index (χ0n) is 33.6. The summed E-state index contributed by atoms with van der Waals surface area (Å²) >= 11 is 6.47. The Morgan fingerprint density at radius 1 is 0.953 bits per heavy atom. The van der Waals surface area contributed by atoms with Crippen LogP contribution in [0.15, 0.2) is 42.5 Å². The van der Waals surface area contributed by atoms with Gasteiger partial charge in [0.05, 0.1) is 27.9 Å². The standard InChI is InChI=1S/C40H33ClF10N6O5S2/c1-37(2,63(3,59)60)10-9-23-5-6-25(26-7-8-29(41)31-33(26)57(18-38(44,45)46)54-36(31)55-64(4,61)62)32(52-23)20(11-19-12-21(42)15-22(43)13-19)14-24(58)17-56-35-30(34(53-56)40(49,50)51)27-16-28(27)39(35,47)48/h5-8,12-13,15,20,27-28H,11,14,16-18H2,1-4H3,(H,54,55)/t20-,27+,28-/m1/s1. The molecule has 3 heterocycles. The maximum absolute atomic E-state index is 15.5. The summed E-state index contributed by atoms with van der Waals surface area (Å²) in [6, 6.07) is 7.16. The highest BCUT2D eigenvalue weighted by Gasteiger charge is 2.68. The zero-order valence-corrected chi connectivity index (χ0v) is 35.9. The predicted molar refractivity (Wildman–Crippen MR) is 213 cm³/mol. The molecule has 2 aliphatic rings. The summed E-state index contributed by atoms with van der Waals surface area (Å²) < 4.78 is 196. The van der Waals surface area contributed by atoms with E-state index in [-0.39, 0.29) is 49.6 Å². The summed E-state index contributed by atoms with van der Waals surface area (Å²) in [7, 11) is -8.04. The third-order valence-corrected chi connectivity index (χ3v) is 13.7. The molecule has 11 nitrogen and oxygen atoms in total. The lowest BCUT2D eigenvalue weighted by Crippen LogP contribution is -2.28. The van der Waals surface area contributed by atoms with Gasteiger partial charge in [0.25, 0.3) is 5.92 Å². The molecule has 7 rings (SSSR count). The van der Waals surface area contributed by atoms with Gasteiger partial charge in [-0.05, 0) is 74.4 Å². The van der Waals surface area contributed by atoms with E-state index < -0.39 is 132 Å². The number of ketones is 1. The average Bonchev–Trinajstić information content (AvgIpc) is 3.66. The molecule has 0 radical (unpaired) electrons. The number of Topliss-reactive ketones (excluding diaryl/α,β-unsaturated/α-hetero) is 1. The Labute approximate surface area is 363 Å². The van der Waals surface area contributed by atoms with E-state index in [1.807, 2.05) is 4.72 Å². The highest BCUT2D eigenvalue weighted by molar-refractivity contribution is 7.92. The molecule has 0 saturated heterocycles. The predicted octanol–water partition coefficient (Wildman–Crippen LogP) is 8.55. The van der Waals surface area contributed by atoms with Crippen LogP contribution in [0.4, 0.5) is 49.7 Å². The average molecular weight is 967 g/mol. The van der Waals surface area contributed by atoms with Crippen molar-refractivity contribution in [3.05, 3.63) is 93.0 Å². The van der Waals surface area contributed by atoms with Gasteiger partial charge in [-0.1, -0.05) is 23.6 Å². The number of sulfonamides is 1. The topological polar surface area (TPSA) is 146 Å². The Kier molecular flexibility index (Phi) is 11.5. The minimum atomic E-state index is -5.17. The van der Waals surface area contributed by atoms with E-state index in [2.05, 4.69) is 27.0 Å². The van der Waals surface area contributed by atoms with E-state index >= 15 is 8.78 Å². The minimum Gasteiger partial charge on any atom is -0.298 e. The van der Waals surface area contributed by atoms with Crippen molar-refractivity contribution in [2.24, 2.45) is 5.92 Å². The molecule has 1 N–H and O–H groups in total. The highest BCUT2D eigenvalue weighted by Crippen LogP contribution is 2.68. The number of fused-ring (bicyclic) bond motifs is 4. The number of nitrogens with one attached hydrogen (secondary N) is 1. The molecule has 3 atom stereocenters. The number of pyridine rings is 1. The van der Waals surface area contributed by atoms with Crippen molar-refractivity contribution in [2.75, 3.05) is 17.2 Å². The van der Waals surface area contributed by atoms with E-state index in [1.54, 1.807) is 0 Å². The van der Waals surface area contributed by atoms with Crippen LogP contribution in [0, 0.1) is 29.4 Å². The second-order valence-corrected chi connectivity index (χ2v) is 21.0. The fourth-order valence-electron chi connectivity index (χ4n) is 7.80. The van der Waals surface area contributed by atoms with Crippen LogP contribution in [0.5, 0.6) is 0 Å². The molecular formula is C40H33ClF10N6O5S2. The van der Waals surface area contributed by atoms with Gasteiger partial charge in [-0.3, -0.25) is 18.9 Å². The first-order valence-electron chi connectivity index (χ1n) is 18.8. The van der Waals surface area contributed by atoms with Gasteiger partial charge < -0.3 is 0 Å². The van der Waals surface area contributed by atoms with Crippen molar-refractivity contribution in [3.8, 4) is 23.0 Å². The molecule has 0 bridgehead atoms. The Hall–Kier alpha value is -5.21. The zero-order chi connectivity index (χ0) is 47.3. The summed E-state index contributed by atoms with van der Waals surface area (Å²) in [6.07, 6.45) is -10.1. The largest absolute Gasteiger partial charge is 0.435 e. The second kappa shape index (κ2) is 15.7. The molecule has 3 aromatic heterocycles. The maximum atomic E-state index is 15.5. The van der Waals surface area contributed by atoms with Crippen molar-refractivity contribution in [1.82, 2.24) is 24.5 Å². The number of benzene rings is 2. The fraction of sp³-hybridized carbons (Fsp3) is 0.400. The number of carbonyl (C=O) groups is 1. The van der Waals surface area contributed by atoms with Crippen molar-refractivity contribution < 1.29 is 65.5 Å². The molecule has 0 amide bonds. The number of sulfone groups is 1. The molecule has 5 aromatic rings. The molecule has 0 unspecified atom stereocenters. The van der Waals surface area contributed by atoms with E-state index in [4.69, 9.17) is 11.6 Å². The number of alkyl halides is 8. The fourth-order valence-corrected chi connectivity index (χ4v) is 8.77. The molecule has 2 aliphatic carbocycles. The van der Waals surface area contributed by atoms with Crippen molar-refractivity contribution in [2.45, 2.75) is 81.1 Å². The van der Waals surface area contributed by atoms with Gasteiger partial charge in [0, 0.05) is 47.3 Å². The molecule has 64 heavy (non-hydrogen) atoms. The lowest BCUT2D eigenvalue weighted by Gasteiger charge is -2.22. The van der Waals surface area contributed by atoms with Gasteiger partial charge >= 0.3 is 12.4 Å². The molecular weight excluding hydrogens is 934 g/mol. The molecule has 1 saturated carbocycles. The van der Waals surface area contributed by atoms with Crippen LogP contribution in [-0.2, 0) is 56.3 Å². The molecule has 342 valence electrons. The van der Waals surface area contributed by atoms with Gasteiger partial charge in [-0.15, -0.1) is 0 Å². The third kappa shape index (κ3) is 9.31. The van der Waals surface area contributed by atoms with E-state index in [9.17, 15) is 56.8 Å².